The fourth-order valence-corrected chi connectivity index (χ4v) is 1.48. The number of aromatic nitrogens is 2. The van der Waals surface area contributed by atoms with Crippen molar-refractivity contribution >= 4 is 11.3 Å². The Hall–Kier alpha value is -1.68. The van der Waals surface area contributed by atoms with Crippen LogP contribution < -0.4 is 5.73 Å². The van der Waals surface area contributed by atoms with E-state index in [9.17, 15) is 4.79 Å². The molecule has 72 valence electrons. The highest BCUT2D eigenvalue weighted by Crippen LogP contribution is 2.11. The molecule has 0 radical (unpaired) electrons. The number of carbonyl (C=O) groups excluding carboxylic acids is 1. The van der Waals surface area contributed by atoms with Gasteiger partial charge in [-0.2, -0.15) is 0 Å². The summed E-state index contributed by atoms with van der Waals surface area (Å²) in [4.78, 5) is 15.6. The van der Waals surface area contributed by atoms with E-state index in [1.165, 1.54) is 0 Å². The van der Waals surface area contributed by atoms with Crippen LogP contribution in [-0.2, 0) is 0 Å². The first-order chi connectivity index (χ1) is 6.74. The molecule has 2 heterocycles. The first-order valence-electron chi connectivity index (χ1n) is 4.41. The topological polar surface area (TPSA) is 60.4 Å². The zero-order chi connectivity index (χ0) is 10.1. The van der Waals surface area contributed by atoms with E-state index < -0.39 is 0 Å². The number of imidazole rings is 1. The van der Waals surface area contributed by atoms with Crippen LogP contribution in [0.25, 0.3) is 5.52 Å². The fraction of sp³-hybridized carbons (Fsp3) is 0.200. The van der Waals surface area contributed by atoms with Gasteiger partial charge in [0.25, 0.3) is 0 Å². The average molecular weight is 189 g/mol. The largest absolute Gasteiger partial charge is 0.324 e. The summed E-state index contributed by atoms with van der Waals surface area (Å²) in [6.07, 6.45) is 1.82. The zero-order valence-electron chi connectivity index (χ0n) is 7.90. The molecule has 0 fully saturated rings. The van der Waals surface area contributed by atoms with Crippen LogP contribution in [0.2, 0.25) is 0 Å². The minimum absolute atomic E-state index is 0.00650. The van der Waals surface area contributed by atoms with Crippen molar-refractivity contribution in [2.24, 2.45) is 5.73 Å². The summed E-state index contributed by atoms with van der Waals surface area (Å²) in [6, 6.07) is 5.71. The van der Waals surface area contributed by atoms with Crippen LogP contribution in [-0.4, -0.2) is 21.7 Å². The summed E-state index contributed by atoms with van der Waals surface area (Å²) in [5, 5.41) is 0. The molecule has 0 aromatic carbocycles. The predicted octanol–water partition coefficient (Wildman–Crippen LogP) is 0.784. The number of nitrogens with zero attached hydrogens (tertiary/aromatic N) is 2. The molecule has 0 bridgehead atoms. The van der Waals surface area contributed by atoms with Gasteiger partial charge < -0.3 is 5.73 Å². The van der Waals surface area contributed by atoms with Crippen molar-refractivity contribution < 1.29 is 4.79 Å². The Balaban J connectivity index is 2.72. The maximum Gasteiger partial charge on any atom is 0.212 e. The number of aryl methyl sites for hydroxylation is 1. The van der Waals surface area contributed by atoms with Gasteiger partial charge in [0.15, 0.2) is 5.82 Å². The molecule has 2 N–H and O–H groups in total. The minimum atomic E-state index is -0.140. The number of rotatable bonds is 2. The van der Waals surface area contributed by atoms with Gasteiger partial charge in [0, 0.05) is 6.20 Å². The summed E-state index contributed by atoms with van der Waals surface area (Å²) in [7, 11) is 0. The van der Waals surface area contributed by atoms with Crippen LogP contribution in [0.4, 0.5) is 0 Å². The quantitative estimate of drug-likeness (QED) is 0.710. The van der Waals surface area contributed by atoms with Gasteiger partial charge in [-0.15, -0.1) is 0 Å². The van der Waals surface area contributed by atoms with Crippen LogP contribution in [0.3, 0.4) is 0 Å². The molecule has 0 amide bonds. The number of hydrogen-bond donors (Lipinski definition) is 1. The number of carbonyl (C=O) groups is 1. The molecule has 0 atom stereocenters. The highest BCUT2D eigenvalue weighted by molar-refractivity contribution is 5.95. The van der Waals surface area contributed by atoms with Crippen molar-refractivity contribution in [3.05, 3.63) is 35.9 Å². The lowest BCUT2D eigenvalue weighted by atomic mass is 10.3. The molecule has 2 aromatic rings. The van der Waals surface area contributed by atoms with Crippen LogP contribution in [0.5, 0.6) is 0 Å². The van der Waals surface area contributed by atoms with Crippen molar-refractivity contribution in [1.29, 1.82) is 0 Å². The van der Waals surface area contributed by atoms with E-state index in [0.717, 1.165) is 11.2 Å². The van der Waals surface area contributed by atoms with Crippen molar-refractivity contribution in [2.75, 3.05) is 6.54 Å². The van der Waals surface area contributed by atoms with E-state index in [0.29, 0.717) is 5.82 Å². The summed E-state index contributed by atoms with van der Waals surface area (Å²) < 4.78 is 1.77. The molecule has 2 aromatic heterocycles. The molecule has 4 heteroatoms. The summed E-state index contributed by atoms with van der Waals surface area (Å²) in [5.74, 6) is 0.278. The average Bonchev–Trinajstić information content (AvgIpc) is 2.56. The van der Waals surface area contributed by atoms with Gasteiger partial charge in [-0.3, -0.25) is 9.20 Å². The number of Topliss-reactive ketones (excluding diaryl/α,β-unsaturated/α-hetero) is 1. The van der Waals surface area contributed by atoms with Crippen LogP contribution in [0.15, 0.2) is 24.4 Å². The monoisotopic (exact) mass is 189 g/mol. The Morgan fingerprint density at radius 3 is 3.07 bits per heavy atom. The minimum Gasteiger partial charge on any atom is -0.324 e. The van der Waals surface area contributed by atoms with Gasteiger partial charge in [0.05, 0.1) is 17.8 Å². The fourth-order valence-electron chi connectivity index (χ4n) is 1.48. The molecule has 0 aliphatic carbocycles. The van der Waals surface area contributed by atoms with Crippen molar-refractivity contribution in [1.82, 2.24) is 9.38 Å². The van der Waals surface area contributed by atoms with Crippen molar-refractivity contribution in [3.63, 3.8) is 0 Å². The molecule has 2 rings (SSSR count). The molecule has 0 saturated heterocycles. The number of hydrogen-bond acceptors (Lipinski definition) is 3. The molecule has 0 aliphatic rings. The molecule has 14 heavy (non-hydrogen) atoms. The zero-order valence-corrected chi connectivity index (χ0v) is 7.90. The van der Waals surface area contributed by atoms with Crippen molar-refractivity contribution in [3.8, 4) is 0 Å². The van der Waals surface area contributed by atoms with Crippen molar-refractivity contribution in [2.45, 2.75) is 6.92 Å². The van der Waals surface area contributed by atoms with E-state index in [2.05, 4.69) is 4.98 Å². The van der Waals surface area contributed by atoms with E-state index in [4.69, 9.17) is 5.73 Å². The Morgan fingerprint density at radius 2 is 2.36 bits per heavy atom. The Kier molecular flexibility index (Phi) is 2.05. The van der Waals surface area contributed by atoms with Gasteiger partial charge in [0.1, 0.15) is 0 Å². The lowest BCUT2D eigenvalue weighted by Crippen LogP contribution is -2.16. The SMILES string of the molecule is Cc1nc(C(=O)CN)n2ccccc12. The second-order valence-corrected chi connectivity index (χ2v) is 3.10. The van der Waals surface area contributed by atoms with Gasteiger partial charge in [0.2, 0.25) is 5.78 Å². The Bertz CT molecular complexity index is 487. The Morgan fingerprint density at radius 1 is 1.57 bits per heavy atom. The lowest BCUT2D eigenvalue weighted by molar-refractivity contribution is 0.0991. The standard InChI is InChI=1S/C10H11N3O/c1-7-8-4-2-3-5-13(8)10(12-7)9(14)6-11/h2-5H,6,11H2,1H3. The second kappa shape index (κ2) is 3.23. The third-order valence-electron chi connectivity index (χ3n) is 2.17. The normalized spacial score (nSPS) is 10.7. The van der Waals surface area contributed by atoms with E-state index in [-0.39, 0.29) is 12.3 Å². The van der Waals surface area contributed by atoms with Crippen LogP contribution in [0, 0.1) is 6.92 Å². The van der Waals surface area contributed by atoms with E-state index in [1.807, 2.05) is 31.3 Å². The van der Waals surface area contributed by atoms with Gasteiger partial charge >= 0.3 is 0 Å². The smallest absolute Gasteiger partial charge is 0.212 e. The van der Waals surface area contributed by atoms with Gasteiger partial charge in [-0.25, -0.2) is 4.98 Å². The summed E-state index contributed by atoms with van der Waals surface area (Å²) in [5.41, 5.74) is 7.10. The van der Waals surface area contributed by atoms with Gasteiger partial charge in [-0.05, 0) is 19.1 Å². The van der Waals surface area contributed by atoms with Crippen LogP contribution in [0.1, 0.15) is 16.3 Å². The number of ketones is 1. The third-order valence-corrected chi connectivity index (χ3v) is 2.17. The highest BCUT2D eigenvalue weighted by Gasteiger charge is 2.12. The third kappa shape index (κ3) is 1.20. The number of pyridine rings is 1. The Labute approximate surface area is 81.4 Å². The first-order valence-corrected chi connectivity index (χ1v) is 4.41. The number of fused-ring (bicyclic) bond motifs is 1. The maximum atomic E-state index is 11.4. The molecular formula is C10H11N3O. The maximum absolute atomic E-state index is 11.4. The molecule has 0 aliphatic heterocycles. The molecular weight excluding hydrogens is 178 g/mol. The van der Waals surface area contributed by atoms with E-state index >= 15 is 0 Å². The summed E-state index contributed by atoms with van der Waals surface area (Å²) in [6.45, 7) is 1.87. The first kappa shape index (κ1) is 8.90. The van der Waals surface area contributed by atoms with E-state index in [1.54, 1.807) is 4.40 Å². The number of nitrogens with two attached hydrogens (primary N) is 1. The highest BCUT2D eigenvalue weighted by atomic mass is 16.1. The molecule has 0 unspecified atom stereocenters. The van der Waals surface area contributed by atoms with Gasteiger partial charge in [-0.1, -0.05) is 6.07 Å². The van der Waals surface area contributed by atoms with Crippen LogP contribution >= 0.6 is 0 Å². The predicted molar refractivity (Wildman–Crippen MR) is 53.3 cm³/mol. The second-order valence-electron chi connectivity index (χ2n) is 3.10. The summed E-state index contributed by atoms with van der Waals surface area (Å²) >= 11 is 0. The lowest BCUT2D eigenvalue weighted by Gasteiger charge is -1.96. The molecule has 0 saturated carbocycles. The molecule has 4 nitrogen and oxygen atoms in total. The molecule has 0 spiro atoms.